The maximum absolute atomic E-state index is 12.1. The number of pyridine rings is 1. The molecule has 1 N–H and O–H groups in total. The molecule has 0 bridgehead atoms. The Labute approximate surface area is 126 Å². The van der Waals surface area contributed by atoms with Gasteiger partial charge in [0.15, 0.2) is 0 Å². The van der Waals surface area contributed by atoms with Crippen molar-refractivity contribution in [3.05, 3.63) is 45.2 Å². The molecule has 2 aromatic heterocycles. The molecule has 4 nitrogen and oxygen atoms in total. The largest absolute Gasteiger partial charge is 0.478 e. The molecule has 0 radical (unpaired) electrons. The molecule has 6 heteroatoms. The number of hydrogen-bond acceptors (Lipinski definition) is 4. The van der Waals surface area contributed by atoms with E-state index in [2.05, 4.69) is 10.3 Å². The first-order valence-electron chi connectivity index (χ1n) is 6.25. The Bertz CT molecular complexity index is 583. The lowest BCUT2D eigenvalue weighted by Crippen LogP contribution is -2.26. The minimum Gasteiger partial charge on any atom is -0.478 e. The van der Waals surface area contributed by atoms with E-state index < -0.39 is 0 Å². The molecule has 0 saturated heterocycles. The van der Waals surface area contributed by atoms with Crippen molar-refractivity contribution in [1.29, 1.82) is 0 Å². The Morgan fingerprint density at radius 2 is 2.25 bits per heavy atom. The van der Waals surface area contributed by atoms with Crippen LogP contribution in [0.3, 0.4) is 0 Å². The van der Waals surface area contributed by atoms with Gasteiger partial charge in [-0.05, 0) is 32.0 Å². The fourth-order valence-corrected chi connectivity index (χ4v) is 2.72. The van der Waals surface area contributed by atoms with Crippen LogP contribution in [0.4, 0.5) is 0 Å². The SMILES string of the molecule is CCOc1ccc(C(=O)N[C@@H](C)c2ccc(Cl)s2)cn1. The number of nitrogens with zero attached hydrogens (tertiary/aromatic N) is 1. The van der Waals surface area contributed by atoms with Crippen molar-refractivity contribution >= 4 is 28.8 Å². The summed E-state index contributed by atoms with van der Waals surface area (Å²) < 4.78 is 5.95. The van der Waals surface area contributed by atoms with Crippen molar-refractivity contribution in [3.63, 3.8) is 0 Å². The number of carbonyl (C=O) groups excluding carboxylic acids is 1. The lowest BCUT2D eigenvalue weighted by atomic mass is 10.2. The molecular formula is C14H15ClN2O2S. The molecule has 0 spiro atoms. The van der Waals surface area contributed by atoms with Crippen LogP contribution in [0.2, 0.25) is 4.34 Å². The predicted octanol–water partition coefficient (Wildman–Crippen LogP) is 3.69. The number of hydrogen-bond donors (Lipinski definition) is 1. The van der Waals surface area contributed by atoms with Crippen LogP contribution >= 0.6 is 22.9 Å². The van der Waals surface area contributed by atoms with Crippen molar-refractivity contribution in [2.24, 2.45) is 0 Å². The van der Waals surface area contributed by atoms with Crippen molar-refractivity contribution in [2.45, 2.75) is 19.9 Å². The molecule has 0 unspecified atom stereocenters. The second kappa shape index (κ2) is 6.72. The quantitative estimate of drug-likeness (QED) is 0.916. The van der Waals surface area contributed by atoms with Gasteiger partial charge in [0.2, 0.25) is 5.88 Å². The third-order valence-electron chi connectivity index (χ3n) is 2.66. The van der Waals surface area contributed by atoms with Crippen LogP contribution in [0.1, 0.15) is 35.1 Å². The number of nitrogens with one attached hydrogen (secondary N) is 1. The summed E-state index contributed by atoms with van der Waals surface area (Å²) >= 11 is 7.34. The molecule has 1 amide bonds. The van der Waals surface area contributed by atoms with E-state index in [1.165, 1.54) is 17.5 Å². The van der Waals surface area contributed by atoms with Gasteiger partial charge in [-0.2, -0.15) is 0 Å². The Morgan fingerprint density at radius 1 is 1.45 bits per heavy atom. The molecule has 106 valence electrons. The average molecular weight is 311 g/mol. The Balaban J connectivity index is 2.00. The van der Waals surface area contributed by atoms with Gasteiger partial charge in [-0.3, -0.25) is 4.79 Å². The van der Waals surface area contributed by atoms with Crippen molar-refractivity contribution < 1.29 is 9.53 Å². The molecule has 0 aromatic carbocycles. The van der Waals surface area contributed by atoms with Gasteiger partial charge in [0.1, 0.15) is 0 Å². The standard InChI is InChI=1S/C14H15ClN2O2S/c1-3-19-13-7-4-10(8-16-13)14(18)17-9(2)11-5-6-12(15)20-11/h4-9H,3H2,1-2H3,(H,17,18)/t9-/m0/s1. The van der Waals surface area contributed by atoms with Gasteiger partial charge >= 0.3 is 0 Å². The highest BCUT2D eigenvalue weighted by Crippen LogP contribution is 2.26. The first kappa shape index (κ1) is 14.8. The summed E-state index contributed by atoms with van der Waals surface area (Å²) in [5, 5.41) is 2.91. The van der Waals surface area contributed by atoms with E-state index >= 15 is 0 Å². The van der Waals surface area contributed by atoms with Crippen LogP contribution < -0.4 is 10.1 Å². The van der Waals surface area contributed by atoms with Gasteiger partial charge in [-0.15, -0.1) is 11.3 Å². The smallest absolute Gasteiger partial charge is 0.253 e. The van der Waals surface area contributed by atoms with Gasteiger partial charge in [-0.1, -0.05) is 11.6 Å². The zero-order chi connectivity index (χ0) is 14.5. The lowest BCUT2D eigenvalue weighted by molar-refractivity contribution is 0.0940. The molecule has 1 atom stereocenters. The second-order valence-electron chi connectivity index (χ2n) is 4.16. The van der Waals surface area contributed by atoms with Gasteiger partial charge in [-0.25, -0.2) is 4.98 Å². The number of ether oxygens (including phenoxy) is 1. The summed E-state index contributed by atoms with van der Waals surface area (Å²) in [5.74, 6) is 0.347. The molecule has 0 aliphatic rings. The van der Waals surface area contributed by atoms with Crippen LogP contribution in [0.5, 0.6) is 5.88 Å². The van der Waals surface area contributed by atoms with Gasteiger partial charge in [0, 0.05) is 17.1 Å². The summed E-state index contributed by atoms with van der Waals surface area (Å²) in [4.78, 5) is 17.2. The first-order chi connectivity index (χ1) is 9.60. The highest BCUT2D eigenvalue weighted by atomic mass is 35.5. The van der Waals surface area contributed by atoms with E-state index in [0.29, 0.717) is 22.4 Å². The molecule has 0 fully saturated rings. The molecule has 0 saturated carbocycles. The zero-order valence-electron chi connectivity index (χ0n) is 11.2. The number of carbonyl (C=O) groups is 1. The Hall–Kier alpha value is -1.59. The van der Waals surface area contributed by atoms with E-state index in [1.54, 1.807) is 12.1 Å². The maximum atomic E-state index is 12.1. The normalized spacial score (nSPS) is 11.9. The topological polar surface area (TPSA) is 51.2 Å². The first-order valence-corrected chi connectivity index (χ1v) is 7.44. The van der Waals surface area contributed by atoms with Gasteiger partial charge in [0.25, 0.3) is 5.91 Å². The second-order valence-corrected chi connectivity index (χ2v) is 5.90. The average Bonchev–Trinajstić information content (AvgIpc) is 2.86. The van der Waals surface area contributed by atoms with E-state index in [-0.39, 0.29) is 11.9 Å². The van der Waals surface area contributed by atoms with E-state index in [4.69, 9.17) is 16.3 Å². The van der Waals surface area contributed by atoms with Crippen LogP contribution in [0.25, 0.3) is 0 Å². The van der Waals surface area contributed by atoms with Crippen LogP contribution in [-0.2, 0) is 0 Å². The number of amides is 1. The number of thiophene rings is 1. The summed E-state index contributed by atoms with van der Waals surface area (Å²) in [7, 11) is 0. The fraction of sp³-hybridized carbons (Fsp3) is 0.286. The molecule has 0 aliphatic carbocycles. The summed E-state index contributed by atoms with van der Waals surface area (Å²) in [6.45, 7) is 4.35. The Kier molecular flexibility index (Phi) is 4.98. The van der Waals surface area contributed by atoms with E-state index in [1.807, 2.05) is 26.0 Å². The van der Waals surface area contributed by atoms with E-state index in [9.17, 15) is 4.79 Å². The third kappa shape index (κ3) is 3.71. The van der Waals surface area contributed by atoms with Crippen LogP contribution in [0.15, 0.2) is 30.5 Å². The number of aromatic nitrogens is 1. The van der Waals surface area contributed by atoms with Crippen LogP contribution in [0, 0.1) is 0 Å². The minimum atomic E-state index is -0.169. The molecule has 2 heterocycles. The lowest BCUT2D eigenvalue weighted by Gasteiger charge is -2.12. The van der Waals surface area contributed by atoms with Gasteiger partial charge in [0.05, 0.1) is 22.5 Å². The predicted molar refractivity (Wildman–Crippen MR) is 80.6 cm³/mol. The number of halogens is 1. The molecule has 0 aliphatic heterocycles. The highest BCUT2D eigenvalue weighted by molar-refractivity contribution is 7.16. The van der Waals surface area contributed by atoms with Gasteiger partial charge < -0.3 is 10.1 Å². The molecule has 20 heavy (non-hydrogen) atoms. The maximum Gasteiger partial charge on any atom is 0.253 e. The minimum absolute atomic E-state index is 0.0911. The zero-order valence-corrected chi connectivity index (χ0v) is 12.8. The van der Waals surface area contributed by atoms with E-state index in [0.717, 1.165) is 4.88 Å². The summed E-state index contributed by atoms with van der Waals surface area (Å²) in [6.07, 6.45) is 1.51. The van der Waals surface area contributed by atoms with Crippen molar-refractivity contribution in [3.8, 4) is 5.88 Å². The summed E-state index contributed by atoms with van der Waals surface area (Å²) in [5.41, 5.74) is 0.503. The van der Waals surface area contributed by atoms with Crippen molar-refractivity contribution in [2.75, 3.05) is 6.61 Å². The third-order valence-corrected chi connectivity index (χ3v) is 4.07. The molecule has 2 rings (SSSR count). The van der Waals surface area contributed by atoms with Crippen molar-refractivity contribution in [1.82, 2.24) is 10.3 Å². The highest BCUT2D eigenvalue weighted by Gasteiger charge is 2.13. The Morgan fingerprint density at radius 3 is 2.80 bits per heavy atom. The fourth-order valence-electron chi connectivity index (χ4n) is 1.66. The number of rotatable bonds is 5. The molecule has 2 aromatic rings. The summed E-state index contributed by atoms with van der Waals surface area (Å²) in [6, 6.07) is 7.02. The molecular weight excluding hydrogens is 296 g/mol. The monoisotopic (exact) mass is 310 g/mol. The van der Waals surface area contributed by atoms with Crippen LogP contribution in [-0.4, -0.2) is 17.5 Å².